The number of fused-ring (bicyclic) bond motifs is 1. The molecule has 2 aliphatic heterocycles. The number of hydrogen-bond acceptors (Lipinski definition) is 5. The fourth-order valence-electron chi connectivity index (χ4n) is 3.37. The molecule has 138 valence electrons. The van der Waals surface area contributed by atoms with Gasteiger partial charge in [-0.15, -0.1) is 6.58 Å². The highest BCUT2D eigenvalue weighted by atomic mass is 16.5. The van der Waals surface area contributed by atoms with Gasteiger partial charge in [0.1, 0.15) is 6.54 Å². The van der Waals surface area contributed by atoms with E-state index in [1.807, 2.05) is 12.1 Å². The lowest BCUT2D eigenvalue weighted by Crippen LogP contribution is -3.13. The number of amides is 4. The van der Waals surface area contributed by atoms with Gasteiger partial charge in [0.25, 0.3) is 0 Å². The van der Waals surface area contributed by atoms with E-state index in [2.05, 4.69) is 6.58 Å². The van der Waals surface area contributed by atoms with Gasteiger partial charge in [-0.2, -0.15) is 0 Å². The predicted molar refractivity (Wildman–Crippen MR) is 91.8 cm³/mol. The molecule has 0 radical (unpaired) electrons. The third-order valence-electron chi connectivity index (χ3n) is 4.72. The van der Waals surface area contributed by atoms with Crippen LogP contribution in [-0.4, -0.2) is 61.6 Å². The van der Waals surface area contributed by atoms with Gasteiger partial charge in [-0.1, -0.05) is 6.08 Å². The van der Waals surface area contributed by atoms with Crippen LogP contribution in [0.4, 0.5) is 4.79 Å². The molecule has 8 heteroatoms. The Morgan fingerprint density at radius 2 is 1.69 bits per heavy atom. The Morgan fingerprint density at radius 1 is 1.08 bits per heavy atom. The summed E-state index contributed by atoms with van der Waals surface area (Å²) >= 11 is 0. The Hall–Kier alpha value is -2.87. The van der Waals surface area contributed by atoms with Crippen molar-refractivity contribution in [1.82, 2.24) is 9.80 Å². The number of rotatable bonds is 6. The molecule has 0 aromatic heterocycles. The number of benzene rings is 1. The maximum atomic E-state index is 12.3. The summed E-state index contributed by atoms with van der Waals surface area (Å²) in [6.45, 7) is 5.08. The molecule has 2 heterocycles. The van der Waals surface area contributed by atoms with Gasteiger partial charge in [-0.05, 0) is 17.7 Å². The first-order valence-corrected chi connectivity index (χ1v) is 8.35. The van der Waals surface area contributed by atoms with E-state index in [4.69, 9.17) is 9.47 Å². The second-order valence-corrected chi connectivity index (χ2v) is 6.28. The van der Waals surface area contributed by atoms with Crippen LogP contribution in [0.15, 0.2) is 24.8 Å². The van der Waals surface area contributed by atoms with Gasteiger partial charge in [0, 0.05) is 18.5 Å². The third-order valence-corrected chi connectivity index (χ3v) is 4.72. The summed E-state index contributed by atoms with van der Waals surface area (Å²) in [7, 11) is 3.18. The summed E-state index contributed by atoms with van der Waals surface area (Å²) in [5, 5.41) is 0. The SMILES string of the molecule is C=CCN1C(=O)C(=O)N(C[NH+]2CCc3cc(OC)c(OC)cc3C2)C1=O. The van der Waals surface area contributed by atoms with Crippen LogP contribution in [0.25, 0.3) is 0 Å². The van der Waals surface area contributed by atoms with E-state index in [0.29, 0.717) is 18.0 Å². The van der Waals surface area contributed by atoms with Crippen molar-refractivity contribution in [3.63, 3.8) is 0 Å². The van der Waals surface area contributed by atoms with Crippen LogP contribution < -0.4 is 14.4 Å². The minimum Gasteiger partial charge on any atom is -0.493 e. The summed E-state index contributed by atoms with van der Waals surface area (Å²) < 4.78 is 10.7. The molecule has 1 saturated heterocycles. The second kappa shape index (κ2) is 7.17. The minimum absolute atomic E-state index is 0.0368. The molecule has 1 unspecified atom stereocenters. The first-order chi connectivity index (χ1) is 12.5. The van der Waals surface area contributed by atoms with Crippen LogP contribution in [0.2, 0.25) is 0 Å². The van der Waals surface area contributed by atoms with Gasteiger partial charge >= 0.3 is 17.8 Å². The minimum atomic E-state index is -0.793. The van der Waals surface area contributed by atoms with Gasteiger partial charge in [-0.25, -0.2) is 9.69 Å². The van der Waals surface area contributed by atoms with Crippen molar-refractivity contribution >= 4 is 17.8 Å². The predicted octanol–water partition coefficient (Wildman–Crippen LogP) is -0.421. The van der Waals surface area contributed by atoms with Crippen molar-refractivity contribution in [1.29, 1.82) is 0 Å². The first kappa shape index (κ1) is 17.9. The summed E-state index contributed by atoms with van der Waals surface area (Å²) in [4.78, 5) is 39.4. The number of nitrogens with one attached hydrogen (secondary N) is 1. The number of urea groups is 1. The van der Waals surface area contributed by atoms with Gasteiger partial charge in [0.2, 0.25) is 0 Å². The van der Waals surface area contributed by atoms with Crippen LogP contribution >= 0.6 is 0 Å². The highest BCUT2D eigenvalue weighted by molar-refractivity contribution is 6.44. The molecule has 3 rings (SSSR count). The van der Waals surface area contributed by atoms with Crippen LogP contribution in [0, 0.1) is 0 Å². The number of carbonyl (C=O) groups excluding carboxylic acids is 3. The zero-order chi connectivity index (χ0) is 18.8. The topological polar surface area (TPSA) is 80.6 Å². The third kappa shape index (κ3) is 3.03. The molecule has 8 nitrogen and oxygen atoms in total. The molecule has 1 N–H and O–H groups in total. The van der Waals surface area contributed by atoms with Crippen LogP contribution in [0.1, 0.15) is 11.1 Å². The quantitative estimate of drug-likeness (QED) is 0.423. The summed E-state index contributed by atoms with van der Waals surface area (Å²) in [5.74, 6) is -0.237. The Bertz CT molecular complexity index is 776. The molecular formula is C18H22N3O5+. The lowest BCUT2D eigenvalue weighted by atomic mass is 9.99. The van der Waals surface area contributed by atoms with Crippen molar-refractivity contribution in [2.75, 3.05) is 34.0 Å². The van der Waals surface area contributed by atoms with E-state index in [0.717, 1.165) is 38.8 Å². The molecule has 0 aliphatic carbocycles. The second-order valence-electron chi connectivity index (χ2n) is 6.28. The van der Waals surface area contributed by atoms with E-state index < -0.39 is 17.8 Å². The molecule has 1 aromatic rings. The fraction of sp³-hybridized carbons (Fsp3) is 0.389. The molecule has 2 aliphatic rings. The molecular weight excluding hydrogens is 338 g/mol. The zero-order valence-corrected chi connectivity index (χ0v) is 14.9. The van der Waals surface area contributed by atoms with Crippen LogP contribution in [0.3, 0.4) is 0 Å². The van der Waals surface area contributed by atoms with Crippen LogP contribution in [0.5, 0.6) is 11.5 Å². The smallest absolute Gasteiger partial charge is 0.339 e. The van der Waals surface area contributed by atoms with Crippen molar-refractivity contribution < 1.29 is 28.8 Å². The Balaban J connectivity index is 1.75. The first-order valence-electron chi connectivity index (χ1n) is 8.35. The fourth-order valence-corrected chi connectivity index (χ4v) is 3.37. The number of imide groups is 2. The standard InChI is InChI=1S/C18H21N3O5/c1-4-6-20-16(22)17(23)21(18(20)24)11-19-7-5-12-8-14(25-2)15(26-3)9-13(12)10-19/h4,8-9H,1,5-7,10-11H2,2-3H3/p+1. The number of nitrogens with zero attached hydrogens (tertiary/aromatic N) is 2. The number of ether oxygens (including phenoxy) is 2. The molecule has 1 aromatic carbocycles. The molecule has 26 heavy (non-hydrogen) atoms. The van der Waals surface area contributed by atoms with E-state index in [9.17, 15) is 14.4 Å². The average molecular weight is 360 g/mol. The molecule has 4 amide bonds. The largest absolute Gasteiger partial charge is 0.493 e. The molecule has 0 spiro atoms. The van der Waals surface area contributed by atoms with Gasteiger partial charge in [0.15, 0.2) is 18.2 Å². The van der Waals surface area contributed by atoms with Crippen molar-refractivity contribution in [3.8, 4) is 11.5 Å². The monoisotopic (exact) mass is 360 g/mol. The van der Waals surface area contributed by atoms with E-state index in [1.54, 1.807) is 14.2 Å². The van der Waals surface area contributed by atoms with Gasteiger partial charge < -0.3 is 14.4 Å². The molecule has 1 fully saturated rings. The van der Waals surface area contributed by atoms with E-state index in [1.165, 1.54) is 6.08 Å². The zero-order valence-electron chi connectivity index (χ0n) is 14.9. The van der Waals surface area contributed by atoms with Crippen molar-refractivity contribution in [2.24, 2.45) is 0 Å². The van der Waals surface area contributed by atoms with Crippen molar-refractivity contribution in [3.05, 3.63) is 35.9 Å². The van der Waals surface area contributed by atoms with Gasteiger partial charge in [-0.3, -0.25) is 14.5 Å². The van der Waals surface area contributed by atoms with Crippen LogP contribution in [-0.2, 0) is 22.6 Å². The lowest BCUT2D eigenvalue weighted by Gasteiger charge is -2.28. The number of hydrogen-bond donors (Lipinski definition) is 1. The Labute approximate surface area is 151 Å². The van der Waals surface area contributed by atoms with Crippen molar-refractivity contribution in [2.45, 2.75) is 13.0 Å². The maximum Gasteiger partial charge on any atom is 0.339 e. The summed E-state index contributed by atoms with van der Waals surface area (Å²) in [5.41, 5.74) is 2.24. The number of methoxy groups -OCH3 is 2. The number of carbonyl (C=O) groups is 3. The van der Waals surface area contributed by atoms with Gasteiger partial charge in [0.05, 0.1) is 20.8 Å². The molecule has 1 atom stereocenters. The highest BCUT2D eigenvalue weighted by Gasteiger charge is 2.45. The lowest BCUT2D eigenvalue weighted by molar-refractivity contribution is -0.923. The normalized spacial score (nSPS) is 19.6. The number of quaternary nitrogens is 1. The van der Waals surface area contributed by atoms with E-state index in [-0.39, 0.29) is 13.2 Å². The average Bonchev–Trinajstić information content (AvgIpc) is 2.85. The molecule has 0 bridgehead atoms. The summed E-state index contributed by atoms with van der Waals surface area (Å²) in [6.07, 6.45) is 2.21. The molecule has 0 saturated carbocycles. The Morgan fingerprint density at radius 3 is 2.31 bits per heavy atom. The maximum absolute atomic E-state index is 12.3. The highest BCUT2D eigenvalue weighted by Crippen LogP contribution is 2.31. The van der Waals surface area contributed by atoms with E-state index >= 15 is 0 Å². The summed E-state index contributed by atoms with van der Waals surface area (Å²) in [6, 6.07) is 3.31. The Kier molecular flexibility index (Phi) is 4.94.